The fourth-order valence-electron chi connectivity index (χ4n) is 3.90. The summed E-state index contributed by atoms with van der Waals surface area (Å²) in [5.74, 6) is 0. The predicted molar refractivity (Wildman–Crippen MR) is 111 cm³/mol. The zero-order valence-electron chi connectivity index (χ0n) is 14.7. The molecular formula is C23H21O2P. The molecule has 1 aliphatic carbocycles. The Morgan fingerprint density at radius 3 is 2.58 bits per heavy atom. The molecule has 26 heavy (non-hydrogen) atoms. The van der Waals surface area contributed by atoms with Gasteiger partial charge in [0.25, 0.3) is 0 Å². The first-order valence-corrected chi connectivity index (χ1v) is 10.5. The molecule has 0 heterocycles. The molecule has 3 heteroatoms. The van der Waals surface area contributed by atoms with Gasteiger partial charge in [-0.3, -0.25) is 4.57 Å². The van der Waals surface area contributed by atoms with Crippen molar-refractivity contribution in [2.24, 2.45) is 0 Å². The molecule has 0 saturated carbocycles. The number of rotatable bonds is 2. The van der Waals surface area contributed by atoms with E-state index in [9.17, 15) is 9.46 Å². The van der Waals surface area contributed by atoms with Crippen LogP contribution in [0.15, 0.2) is 67.2 Å². The van der Waals surface area contributed by atoms with Gasteiger partial charge in [0.15, 0.2) is 0 Å². The van der Waals surface area contributed by atoms with Gasteiger partial charge in [0.05, 0.1) is 5.66 Å². The van der Waals surface area contributed by atoms with Gasteiger partial charge in [0.1, 0.15) is 0 Å². The van der Waals surface area contributed by atoms with Crippen LogP contribution in [0.25, 0.3) is 28.5 Å². The first kappa shape index (κ1) is 17.0. The monoisotopic (exact) mass is 360 g/mol. The summed E-state index contributed by atoms with van der Waals surface area (Å²) >= 11 is 0. The van der Waals surface area contributed by atoms with E-state index in [2.05, 4.69) is 43.0 Å². The first-order chi connectivity index (χ1) is 12.5. The van der Waals surface area contributed by atoms with Gasteiger partial charge in [-0.15, -0.1) is 0 Å². The van der Waals surface area contributed by atoms with E-state index in [1.807, 2.05) is 19.1 Å². The normalized spacial score (nSPS) is 19.7. The Morgan fingerprint density at radius 2 is 1.85 bits per heavy atom. The van der Waals surface area contributed by atoms with Gasteiger partial charge >= 0.3 is 0 Å². The van der Waals surface area contributed by atoms with Crippen molar-refractivity contribution in [3.05, 3.63) is 83.2 Å². The molecule has 0 bridgehead atoms. The summed E-state index contributed by atoms with van der Waals surface area (Å²) in [6.07, 6.45) is 4.68. The number of allylic oxidation sites excluding steroid dienone is 1. The molecule has 3 aromatic carbocycles. The highest BCUT2D eigenvalue weighted by Gasteiger charge is 2.36. The third kappa shape index (κ3) is 2.58. The maximum Gasteiger partial charge on any atom is 0.237 e. The van der Waals surface area contributed by atoms with Crippen molar-refractivity contribution in [3.63, 3.8) is 0 Å². The Morgan fingerprint density at radius 1 is 1.08 bits per heavy atom. The minimum atomic E-state index is -3.57. The van der Waals surface area contributed by atoms with Crippen LogP contribution < -0.4 is 15.7 Å². The van der Waals surface area contributed by atoms with Crippen LogP contribution in [-0.4, -0.2) is 10.6 Å². The Balaban J connectivity index is 1.95. The highest BCUT2D eigenvalue weighted by atomic mass is 31.2. The summed E-state index contributed by atoms with van der Waals surface area (Å²) in [6, 6.07) is 19.3. The summed E-state index contributed by atoms with van der Waals surface area (Å²) < 4.78 is 13.3. The fourth-order valence-corrected chi connectivity index (χ4v) is 5.81. The van der Waals surface area contributed by atoms with Crippen molar-refractivity contribution in [3.8, 4) is 0 Å². The zero-order chi connectivity index (χ0) is 18.3. The lowest BCUT2D eigenvalue weighted by Crippen LogP contribution is -2.27. The molecule has 4 rings (SSSR count). The number of hydrogen-bond donors (Lipinski definition) is 1. The van der Waals surface area contributed by atoms with Crippen molar-refractivity contribution in [2.75, 3.05) is 0 Å². The van der Waals surface area contributed by atoms with E-state index in [1.54, 1.807) is 24.3 Å². The van der Waals surface area contributed by atoms with Crippen molar-refractivity contribution in [1.82, 2.24) is 0 Å². The third-order valence-corrected chi connectivity index (χ3v) is 7.66. The molecule has 2 nitrogen and oxygen atoms in total. The summed E-state index contributed by atoms with van der Waals surface area (Å²) in [6.45, 7) is 6.30. The van der Waals surface area contributed by atoms with Gasteiger partial charge in [-0.2, -0.15) is 0 Å². The lowest BCUT2D eigenvalue weighted by atomic mass is 9.89. The second-order valence-electron chi connectivity index (χ2n) is 6.70. The van der Waals surface area contributed by atoms with Gasteiger partial charge in [-0.1, -0.05) is 67.3 Å². The van der Waals surface area contributed by atoms with E-state index < -0.39 is 13.0 Å². The van der Waals surface area contributed by atoms with Crippen molar-refractivity contribution >= 4 is 41.2 Å². The molecule has 0 radical (unpaired) electrons. The van der Waals surface area contributed by atoms with E-state index in [-0.39, 0.29) is 0 Å². The molecule has 130 valence electrons. The molecule has 2 atom stereocenters. The summed E-state index contributed by atoms with van der Waals surface area (Å²) in [5.41, 5.74) is 1.28. The van der Waals surface area contributed by atoms with Crippen molar-refractivity contribution in [2.45, 2.75) is 19.0 Å². The predicted octanol–water partition coefficient (Wildman–Crippen LogP) is 3.80. The van der Waals surface area contributed by atoms with Gasteiger partial charge in [0, 0.05) is 5.30 Å². The van der Waals surface area contributed by atoms with Crippen LogP contribution >= 0.6 is 7.37 Å². The Bertz CT molecular complexity index is 1180. The van der Waals surface area contributed by atoms with Gasteiger partial charge in [0.2, 0.25) is 7.37 Å². The first-order valence-electron chi connectivity index (χ1n) is 8.79. The Labute approximate surface area is 153 Å². The van der Waals surface area contributed by atoms with Gasteiger partial charge < -0.3 is 4.89 Å². The molecule has 0 aliphatic heterocycles. The third-order valence-electron chi connectivity index (χ3n) is 5.25. The Kier molecular flexibility index (Phi) is 4.19. The van der Waals surface area contributed by atoms with Crippen LogP contribution in [-0.2, 0) is 4.57 Å². The van der Waals surface area contributed by atoms with E-state index in [4.69, 9.17) is 0 Å². The summed E-state index contributed by atoms with van der Waals surface area (Å²) in [7, 11) is -3.57. The maximum atomic E-state index is 13.3. The van der Waals surface area contributed by atoms with Crippen LogP contribution in [0.5, 0.6) is 0 Å². The zero-order valence-corrected chi connectivity index (χ0v) is 15.6. The molecule has 0 saturated heterocycles. The summed E-state index contributed by atoms with van der Waals surface area (Å²) in [4.78, 5) is 11.0. The number of hydrogen-bond acceptors (Lipinski definition) is 1. The van der Waals surface area contributed by atoms with Crippen LogP contribution in [0.2, 0.25) is 0 Å². The quantitative estimate of drug-likeness (QED) is 0.706. The second kappa shape index (κ2) is 6.39. The topological polar surface area (TPSA) is 37.3 Å². The van der Waals surface area contributed by atoms with Gasteiger partial charge in [-0.25, -0.2) is 0 Å². The highest BCUT2D eigenvalue weighted by Crippen LogP contribution is 2.52. The smallest absolute Gasteiger partial charge is 0.237 e. The SMILES string of the molecule is C=C1c2c(ccc3ccc/c(=C/C)c23)=CCC1P(=O)(O)c1ccccc1. The van der Waals surface area contributed by atoms with Crippen molar-refractivity contribution < 1.29 is 9.46 Å². The van der Waals surface area contributed by atoms with Crippen LogP contribution in [0, 0.1) is 0 Å². The molecule has 1 aliphatic rings. The van der Waals surface area contributed by atoms with Crippen LogP contribution in [0.3, 0.4) is 0 Å². The minimum absolute atomic E-state index is 0.491. The molecule has 0 aromatic heterocycles. The molecule has 1 N–H and O–H groups in total. The van der Waals surface area contributed by atoms with E-state index in [0.29, 0.717) is 11.7 Å². The van der Waals surface area contributed by atoms with E-state index >= 15 is 0 Å². The van der Waals surface area contributed by atoms with Gasteiger partial charge in [-0.05, 0) is 57.8 Å². The number of fused-ring (bicyclic) bond motifs is 3. The highest BCUT2D eigenvalue weighted by molar-refractivity contribution is 7.67. The molecule has 2 unspecified atom stereocenters. The lowest BCUT2D eigenvalue weighted by Gasteiger charge is -2.28. The molecule has 3 aromatic rings. The fraction of sp³-hybridized carbons (Fsp3) is 0.130. The summed E-state index contributed by atoms with van der Waals surface area (Å²) in [5, 5.41) is 4.96. The number of benzene rings is 3. The molecule has 0 spiro atoms. The van der Waals surface area contributed by atoms with E-state index in [1.165, 1.54) is 0 Å². The Hall–Kier alpha value is -2.41. The lowest BCUT2D eigenvalue weighted by molar-refractivity contribution is 0.483. The van der Waals surface area contributed by atoms with Crippen LogP contribution in [0.1, 0.15) is 18.9 Å². The minimum Gasteiger partial charge on any atom is -0.341 e. The van der Waals surface area contributed by atoms with E-state index in [0.717, 1.165) is 32.3 Å². The molecule has 0 amide bonds. The maximum absolute atomic E-state index is 13.3. The van der Waals surface area contributed by atoms with Crippen molar-refractivity contribution in [1.29, 1.82) is 0 Å². The molecular weight excluding hydrogens is 339 g/mol. The second-order valence-corrected chi connectivity index (χ2v) is 9.09. The average Bonchev–Trinajstić information content (AvgIpc) is 2.67. The molecule has 0 fully saturated rings. The largest absolute Gasteiger partial charge is 0.341 e. The van der Waals surface area contributed by atoms with Crippen LogP contribution in [0.4, 0.5) is 0 Å². The standard InChI is InChI=1S/C23H21O2P/c1-3-17-8-7-9-18-12-13-19-14-15-21(16(2)22(19)23(17)18)26(24,25)20-10-5-4-6-11-20/h3-14,21H,2,15H2,1H3,(H,24,25)/b17-3-. The average molecular weight is 360 g/mol.